The molecule has 4 aromatic rings. The van der Waals surface area contributed by atoms with Gasteiger partial charge in [-0.3, -0.25) is 9.47 Å². The number of hydrogen-bond donors (Lipinski definition) is 0. The Balaban J connectivity index is 1.58. The fourth-order valence-electron chi connectivity index (χ4n) is 3.32. The van der Waals surface area contributed by atoms with Gasteiger partial charge in [0.15, 0.2) is 22.5 Å². The number of hydrogen-bond acceptors (Lipinski definition) is 8. The first-order chi connectivity index (χ1) is 16.4. The van der Waals surface area contributed by atoms with E-state index in [4.69, 9.17) is 14.5 Å². The highest BCUT2D eigenvalue weighted by atomic mass is 32.2. The Hall–Kier alpha value is -2.95. The van der Waals surface area contributed by atoms with Gasteiger partial charge in [-0.05, 0) is 63.5 Å². The zero-order valence-corrected chi connectivity index (χ0v) is 21.3. The summed E-state index contributed by atoms with van der Waals surface area (Å²) in [7, 11) is 7.22. The Morgan fingerprint density at radius 2 is 1.79 bits per heavy atom. The standard InChI is InChI=1S/C24H26FN5O2S2/c1-15(29(2)3)22-27-28-24(30(22)19-9-7-17(25)8-10-19)34-14-18-13-33-23(26-18)16-6-11-20(31-4)21(12-16)32-5/h6-13,15H,14H2,1-5H3. The number of halogens is 1. The maximum Gasteiger partial charge on any atom is 0.196 e. The van der Waals surface area contributed by atoms with Gasteiger partial charge in [0, 0.05) is 22.4 Å². The fraction of sp³-hybridized carbons (Fsp3) is 0.292. The molecule has 0 aliphatic carbocycles. The van der Waals surface area contributed by atoms with Crippen molar-refractivity contribution in [1.29, 1.82) is 0 Å². The largest absolute Gasteiger partial charge is 0.493 e. The molecule has 0 saturated heterocycles. The molecular formula is C24H26FN5O2S2. The predicted molar refractivity (Wildman–Crippen MR) is 134 cm³/mol. The number of nitrogens with zero attached hydrogens (tertiary/aromatic N) is 5. The Morgan fingerprint density at radius 3 is 2.47 bits per heavy atom. The van der Waals surface area contributed by atoms with Crippen LogP contribution in [0.25, 0.3) is 16.3 Å². The Labute approximate surface area is 206 Å². The van der Waals surface area contributed by atoms with Crippen molar-refractivity contribution < 1.29 is 13.9 Å². The zero-order valence-electron chi connectivity index (χ0n) is 19.7. The molecule has 4 rings (SSSR count). The monoisotopic (exact) mass is 499 g/mol. The van der Waals surface area contributed by atoms with Crippen molar-refractivity contribution in [3.05, 3.63) is 65.2 Å². The normalized spacial score (nSPS) is 12.2. The fourth-order valence-corrected chi connectivity index (χ4v) is 5.10. The Morgan fingerprint density at radius 1 is 1.06 bits per heavy atom. The minimum atomic E-state index is -0.279. The van der Waals surface area contributed by atoms with E-state index in [-0.39, 0.29) is 11.9 Å². The van der Waals surface area contributed by atoms with Gasteiger partial charge in [0.1, 0.15) is 10.8 Å². The topological polar surface area (TPSA) is 65.3 Å². The van der Waals surface area contributed by atoms with Crippen LogP contribution in [-0.4, -0.2) is 53.0 Å². The van der Waals surface area contributed by atoms with E-state index in [0.29, 0.717) is 17.3 Å². The van der Waals surface area contributed by atoms with E-state index in [9.17, 15) is 4.39 Å². The number of benzene rings is 2. The van der Waals surface area contributed by atoms with Gasteiger partial charge >= 0.3 is 0 Å². The molecule has 0 spiro atoms. The van der Waals surface area contributed by atoms with Gasteiger partial charge in [-0.2, -0.15) is 0 Å². The molecule has 1 unspecified atom stereocenters. The summed E-state index contributed by atoms with van der Waals surface area (Å²) >= 11 is 3.12. The van der Waals surface area contributed by atoms with Crippen LogP contribution in [0.2, 0.25) is 0 Å². The zero-order chi connectivity index (χ0) is 24.2. The summed E-state index contributed by atoms with van der Waals surface area (Å²) in [5.74, 6) is 2.49. The third kappa shape index (κ3) is 5.08. The second-order valence-corrected chi connectivity index (χ2v) is 9.60. The molecule has 0 fully saturated rings. The second kappa shape index (κ2) is 10.5. The van der Waals surface area contributed by atoms with Crippen molar-refractivity contribution in [1.82, 2.24) is 24.6 Å². The van der Waals surface area contributed by atoms with Crippen LogP contribution >= 0.6 is 23.1 Å². The van der Waals surface area contributed by atoms with Crippen LogP contribution in [0.5, 0.6) is 11.5 Å². The molecule has 0 amide bonds. The molecule has 2 aromatic heterocycles. The van der Waals surface area contributed by atoms with Crippen molar-refractivity contribution in [2.75, 3.05) is 28.3 Å². The van der Waals surface area contributed by atoms with Crippen LogP contribution in [0, 0.1) is 5.82 Å². The first-order valence-corrected chi connectivity index (χ1v) is 12.4. The molecule has 0 aliphatic rings. The molecule has 1 atom stereocenters. The SMILES string of the molecule is COc1ccc(-c2nc(CSc3nnc(C(C)N(C)C)n3-c3ccc(F)cc3)cs2)cc1OC. The van der Waals surface area contributed by atoms with Crippen molar-refractivity contribution in [3.63, 3.8) is 0 Å². The van der Waals surface area contributed by atoms with Gasteiger partial charge in [0.25, 0.3) is 0 Å². The van der Waals surface area contributed by atoms with Crippen LogP contribution in [0.4, 0.5) is 4.39 Å². The summed E-state index contributed by atoms with van der Waals surface area (Å²) in [6, 6.07) is 12.2. The maximum atomic E-state index is 13.5. The number of aromatic nitrogens is 4. The third-order valence-electron chi connectivity index (χ3n) is 5.42. The van der Waals surface area contributed by atoms with Gasteiger partial charge < -0.3 is 9.47 Å². The van der Waals surface area contributed by atoms with Crippen molar-refractivity contribution >= 4 is 23.1 Å². The smallest absolute Gasteiger partial charge is 0.196 e. The molecule has 0 N–H and O–H groups in total. The predicted octanol–water partition coefficient (Wildman–Crippen LogP) is 5.46. The molecular weight excluding hydrogens is 473 g/mol. The van der Waals surface area contributed by atoms with Crippen LogP contribution in [-0.2, 0) is 5.75 Å². The van der Waals surface area contributed by atoms with Gasteiger partial charge in [-0.25, -0.2) is 9.37 Å². The number of methoxy groups -OCH3 is 2. The molecule has 2 heterocycles. The van der Waals surface area contributed by atoms with Crippen LogP contribution < -0.4 is 9.47 Å². The van der Waals surface area contributed by atoms with E-state index < -0.39 is 0 Å². The van der Waals surface area contributed by atoms with Crippen molar-refractivity contribution in [2.45, 2.75) is 23.9 Å². The van der Waals surface area contributed by atoms with Gasteiger partial charge in [-0.1, -0.05) is 11.8 Å². The second-order valence-electron chi connectivity index (χ2n) is 7.79. The highest BCUT2D eigenvalue weighted by Gasteiger charge is 2.21. The minimum Gasteiger partial charge on any atom is -0.493 e. The number of thiazole rings is 1. The molecule has 2 aromatic carbocycles. The maximum absolute atomic E-state index is 13.5. The van der Waals surface area contributed by atoms with E-state index >= 15 is 0 Å². The van der Waals surface area contributed by atoms with Crippen molar-refractivity contribution in [2.24, 2.45) is 0 Å². The average Bonchev–Trinajstić information content (AvgIpc) is 3.49. The van der Waals surface area contributed by atoms with Crippen molar-refractivity contribution in [3.8, 4) is 27.8 Å². The molecule has 0 aliphatic heterocycles. The first kappa shape index (κ1) is 24.2. The van der Waals surface area contributed by atoms with E-state index in [1.165, 1.54) is 12.1 Å². The third-order valence-corrected chi connectivity index (χ3v) is 7.33. The van der Waals surface area contributed by atoms with Crippen LogP contribution in [0.1, 0.15) is 24.5 Å². The number of thioether (sulfide) groups is 1. The van der Waals surface area contributed by atoms with E-state index in [1.54, 1.807) is 49.5 Å². The lowest BCUT2D eigenvalue weighted by atomic mass is 10.2. The summed E-state index contributed by atoms with van der Waals surface area (Å²) in [5.41, 5.74) is 2.73. The average molecular weight is 500 g/mol. The molecule has 0 radical (unpaired) electrons. The summed E-state index contributed by atoms with van der Waals surface area (Å²) < 4.78 is 26.3. The summed E-state index contributed by atoms with van der Waals surface area (Å²) in [6.07, 6.45) is 0. The molecule has 10 heteroatoms. The molecule has 0 bridgehead atoms. The highest BCUT2D eigenvalue weighted by Crippen LogP contribution is 2.35. The summed E-state index contributed by atoms with van der Waals surface area (Å²) in [4.78, 5) is 6.86. The summed E-state index contributed by atoms with van der Waals surface area (Å²) in [5, 5.41) is 12.6. The van der Waals surface area contributed by atoms with E-state index in [2.05, 4.69) is 22.0 Å². The lowest BCUT2D eigenvalue weighted by Crippen LogP contribution is -2.20. The van der Waals surface area contributed by atoms with E-state index in [1.807, 2.05) is 42.2 Å². The molecule has 34 heavy (non-hydrogen) atoms. The van der Waals surface area contributed by atoms with Gasteiger partial charge in [-0.15, -0.1) is 21.5 Å². The van der Waals surface area contributed by atoms with Gasteiger partial charge in [0.2, 0.25) is 0 Å². The van der Waals surface area contributed by atoms with Crippen LogP contribution in [0.3, 0.4) is 0 Å². The molecule has 178 valence electrons. The Kier molecular flexibility index (Phi) is 7.50. The molecule has 0 saturated carbocycles. The lowest BCUT2D eigenvalue weighted by molar-refractivity contribution is 0.305. The Bertz CT molecular complexity index is 1260. The quantitative estimate of drug-likeness (QED) is 0.283. The summed E-state index contributed by atoms with van der Waals surface area (Å²) in [6.45, 7) is 2.06. The molecule has 7 nitrogen and oxygen atoms in total. The minimum absolute atomic E-state index is 0.0304. The van der Waals surface area contributed by atoms with Crippen LogP contribution in [0.15, 0.2) is 53.0 Å². The highest BCUT2D eigenvalue weighted by molar-refractivity contribution is 7.98. The van der Waals surface area contributed by atoms with E-state index in [0.717, 1.165) is 32.9 Å². The van der Waals surface area contributed by atoms with Gasteiger partial charge in [0.05, 0.1) is 26.0 Å². The first-order valence-electron chi connectivity index (χ1n) is 10.6. The number of rotatable bonds is 9. The number of ether oxygens (including phenoxy) is 2. The lowest BCUT2D eigenvalue weighted by Gasteiger charge is -2.20.